The van der Waals surface area contributed by atoms with Gasteiger partial charge in [-0.05, 0) is 50.8 Å². The SMILES string of the molecule is Cc1c(NC(=O)C(C)Sc2ncnc3sc4c(c23)CCC4)c(=O)n(-c2ccccc2)n1C. The van der Waals surface area contributed by atoms with Crippen LogP contribution in [0.3, 0.4) is 0 Å². The fourth-order valence-corrected chi connectivity index (χ4v) is 6.39. The predicted molar refractivity (Wildman–Crippen MR) is 129 cm³/mol. The Morgan fingerprint density at radius 2 is 2.00 bits per heavy atom. The van der Waals surface area contributed by atoms with Crippen molar-refractivity contribution in [1.82, 2.24) is 19.3 Å². The third kappa shape index (κ3) is 3.45. The third-order valence-corrected chi connectivity index (χ3v) is 8.23. The summed E-state index contributed by atoms with van der Waals surface area (Å²) in [7, 11) is 1.81. The molecule has 9 heteroatoms. The maximum Gasteiger partial charge on any atom is 0.295 e. The maximum absolute atomic E-state index is 13.1. The summed E-state index contributed by atoms with van der Waals surface area (Å²) in [6.07, 6.45) is 4.87. The summed E-state index contributed by atoms with van der Waals surface area (Å²) >= 11 is 3.15. The van der Waals surface area contributed by atoms with Gasteiger partial charge in [-0.1, -0.05) is 30.0 Å². The first kappa shape index (κ1) is 21.0. The highest BCUT2D eigenvalue weighted by Crippen LogP contribution is 2.40. The Balaban J connectivity index is 1.41. The average molecular weight is 466 g/mol. The van der Waals surface area contributed by atoms with Gasteiger partial charge in [0.15, 0.2) is 0 Å². The van der Waals surface area contributed by atoms with Crippen molar-refractivity contribution in [3.05, 3.63) is 63.1 Å². The quantitative estimate of drug-likeness (QED) is 0.355. The molecular formula is C23H23N5O2S2. The molecule has 1 aliphatic rings. The molecule has 1 aromatic carbocycles. The van der Waals surface area contributed by atoms with Gasteiger partial charge in [0.1, 0.15) is 21.9 Å². The fraction of sp³-hybridized carbons (Fsp3) is 0.304. The van der Waals surface area contributed by atoms with Crippen molar-refractivity contribution in [1.29, 1.82) is 0 Å². The van der Waals surface area contributed by atoms with Gasteiger partial charge in [0.2, 0.25) is 5.91 Å². The van der Waals surface area contributed by atoms with Crippen molar-refractivity contribution in [2.24, 2.45) is 7.05 Å². The number of aryl methyl sites for hydroxylation is 2. The highest BCUT2D eigenvalue weighted by Gasteiger charge is 2.25. The summed E-state index contributed by atoms with van der Waals surface area (Å²) in [5.41, 5.74) is 2.84. The Bertz CT molecular complexity index is 1390. The number of para-hydroxylation sites is 1. The summed E-state index contributed by atoms with van der Waals surface area (Å²) < 4.78 is 3.32. The van der Waals surface area contributed by atoms with E-state index in [1.165, 1.54) is 22.2 Å². The molecule has 0 saturated heterocycles. The number of rotatable bonds is 5. The van der Waals surface area contributed by atoms with Crippen LogP contribution in [0, 0.1) is 6.92 Å². The third-order valence-electron chi connectivity index (χ3n) is 5.93. The van der Waals surface area contributed by atoms with E-state index in [4.69, 9.17) is 0 Å². The van der Waals surface area contributed by atoms with Crippen molar-refractivity contribution in [2.75, 3.05) is 5.32 Å². The molecule has 4 aromatic rings. The minimum Gasteiger partial charge on any atom is -0.319 e. The van der Waals surface area contributed by atoms with Crippen LogP contribution in [0.15, 0.2) is 46.5 Å². The number of nitrogens with one attached hydrogen (secondary N) is 1. The summed E-state index contributed by atoms with van der Waals surface area (Å²) in [5.74, 6) is -0.223. The average Bonchev–Trinajstić information content (AvgIpc) is 3.43. The van der Waals surface area contributed by atoms with Crippen LogP contribution < -0.4 is 10.9 Å². The second kappa shape index (κ2) is 8.22. The zero-order chi connectivity index (χ0) is 22.4. The fourth-order valence-electron chi connectivity index (χ4n) is 4.15. The summed E-state index contributed by atoms with van der Waals surface area (Å²) in [6.45, 7) is 3.67. The van der Waals surface area contributed by atoms with E-state index in [1.54, 1.807) is 27.0 Å². The van der Waals surface area contributed by atoms with E-state index in [-0.39, 0.29) is 11.5 Å². The molecular weight excluding hydrogens is 442 g/mol. The smallest absolute Gasteiger partial charge is 0.295 e. The molecule has 3 aromatic heterocycles. The molecule has 0 saturated carbocycles. The Morgan fingerprint density at radius 1 is 1.22 bits per heavy atom. The van der Waals surface area contributed by atoms with Crippen LogP contribution in [0.2, 0.25) is 0 Å². The number of aromatic nitrogens is 4. The first-order chi connectivity index (χ1) is 15.5. The number of hydrogen-bond donors (Lipinski definition) is 1. The lowest BCUT2D eigenvalue weighted by atomic mass is 10.2. The molecule has 1 N–H and O–H groups in total. The van der Waals surface area contributed by atoms with E-state index in [0.29, 0.717) is 11.4 Å². The van der Waals surface area contributed by atoms with E-state index in [9.17, 15) is 9.59 Å². The Morgan fingerprint density at radius 3 is 2.78 bits per heavy atom. The van der Waals surface area contributed by atoms with Gasteiger partial charge >= 0.3 is 0 Å². The Hall–Kier alpha value is -2.91. The van der Waals surface area contributed by atoms with E-state index >= 15 is 0 Å². The van der Waals surface area contributed by atoms with E-state index in [2.05, 4.69) is 15.3 Å². The molecule has 0 fully saturated rings. The van der Waals surface area contributed by atoms with Crippen LogP contribution in [0.25, 0.3) is 15.9 Å². The van der Waals surface area contributed by atoms with Crippen molar-refractivity contribution in [2.45, 2.75) is 43.4 Å². The Labute approximate surface area is 193 Å². The second-order valence-corrected chi connectivity index (χ2v) is 10.3. The lowest BCUT2D eigenvalue weighted by Crippen LogP contribution is -2.27. The molecule has 5 rings (SSSR count). The molecule has 1 amide bonds. The van der Waals surface area contributed by atoms with Gasteiger partial charge in [0.05, 0.1) is 16.6 Å². The number of carbonyl (C=O) groups excluding carboxylic acids is 1. The summed E-state index contributed by atoms with van der Waals surface area (Å²) in [4.78, 5) is 37.5. The minimum absolute atomic E-state index is 0.223. The summed E-state index contributed by atoms with van der Waals surface area (Å²) in [5, 5.41) is 4.38. The van der Waals surface area contributed by atoms with Crippen molar-refractivity contribution in [3.8, 4) is 5.69 Å². The first-order valence-electron chi connectivity index (χ1n) is 10.5. The molecule has 0 radical (unpaired) electrons. The molecule has 1 unspecified atom stereocenters. The van der Waals surface area contributed by atoms with E-state index in [0.717, 1.165) is 40.2 Å². The monoisotopic (exact) mass is 465 g/mol. The lowest BCUT2D eigenvalue weighted by molar-refractivity contribution is -0.115. The molecule has 7 nitrogen and oxygen atoms in total. The van der Waals surface area contributed by atoms with Crippen molar-refractivity contribution in [3.63, 3.8) is 0 Å². The highest BCUT2D eigenvalue weighted by atomic mass is 32.2. The highest BCUT2D eigenvalue weighted by molar-refractivity contribution is 8.00. The zero-order valence-electron chi connectivity index (χ0n) is 18.1. The lowest BCUT2D eigenvalue weighted by Gasteiger charge is -2.12. The van der Waals surface area contributed by atoms with Gasteiger partial charge in [0, 0.05) is 17.3 Å². The number of nitrogens with zero attached hydrogens (tertiary/aromatic N) is 4. The number of amides is 1. The topological polar surface area (TPSA) is 81.8 Å². The zero-order valence-corrected chi connectivity index (χ0v) is 19.7. The van der Waals surface area contributed by atoms with Crippen LogP contribution in [0.5, 0.6) is 0 Å². The standard InChI is InChI=1S/C23H23N5O2S2/c1-13-19(23(30)28(27(13)3)15-8-5-4-6-9-15)26-20(29)14(2)31-21-18-16-10-7-11-17(16)32-22(18)25-12-24-21/h4-6,8-9,12,14H,7,10-11H2,1-3H3,(H,26,29). The van der Waals surface area contributed by atoms with E-state index < -0.39 is 5.25 Å². The number of thiophene rings is 1. The van der Waals surface area contributed by atoms with Gasteiger partial charge in [-0.3, -0.25) is 14.3 Å². The van der Waals surface area contributed by atoms with Crippen LogP contribution in [0.1, 0.15) is 29.5 Å². The Kier molecular flexibility index (Phi) is 5.38. The molecule has 0 spiro atoms. The number of hydrogen-bond acceptors (Lipinski definition) is 6. The molecule has 3 heterocycles. The number of carbonyl (C=O) groups is 1. The minimum atomic E-state index is -0.422. The van der Waals surface area contributed by atoms with Gasteiger partial charge in [-0.25, -0.2) is 14.6 Å². The molecule has 164 valence electrons. The van der Waals surface area contributed by atoms with Crippen LogP contribution in [0.4, 0.5) is 5.69 Å². The summed E-state index contributed by atoms with van der Waals surface area (Å²) in [6, 6.07) is 9.39. The number of thioether (sulfide) groups is 1. The van der Waals surface area contributed by atoms with Gasteiger partial charge in [0.25, 0.3) is 5.56 Å². The van der Waals surface area contributed by atoms with Crippen molar-refractivity contribution < 1.29 is 4.79 Å². The normalized spacial score (nSPS) is 14.0. The molecule has 1 aliphatic carbocycles. The number of benzene rings is 1. The molecule has 32 heavy (non-hydrogen) atoms. The van der Waals surface area contributed by atoms with E-state index in [1.807, 2.05) is 51.2 Å². The van der Waals surface area contributed by atoms with Crippen molar-refractivity contribution >= 4 is 44.9 Å². The van der Waals surface area contributed by atoms with Gasteiger partial charge in [-0.15, -0.1) is 11.3 Å². The molecule has 0 aliphatic heterocycles. The number of anilines is 1. The predicted octanol–water partition coefficient (Wildman–Crippen LogP) is 4.10. The molecule has 1 atom stereocenters. The molecule has 0 bridgehead atoms. The van der Waals surface area contributed by atoms with Crippen LogP contribution in [-0.4, -0.2) is 30.5 Å². The largest absolute Gasteiger partial charge is 0.319 e. The van der Waals surface area contributed by atoms with Crippen LogP contribution >= 0.6 is 23.1 Å². The van der Waals surface area contributed by atoms with Crippen LogP contribution in [-0.2, 0) is 24.7 Å². The maximum atomic E-state index is 13.1. The number of fused-ring (bicyclic) bond motifs is 3. The second-order valence-electron chi connectivity index (χ2n) is 7.90. The van der Waals surface area contributed by atoms with Gasteiger partial charge < -0.3 is 5.32 Å². The first-order valence-corrected chi connectivity index (χ1v) is 12.2. The van der Waals surface area contributed by atoms with Gasteiger partial charge in [-0.2, -0.15) is 0 Å².